The number of nitrogens with one attached hydrogen (secondary N) is 2. The molecule has 1 aromatic rings. The molecule has 110 valence electrons. The van der Waals surface area contributed by atoms with E-state index in [4.69, 9.17) is 0 Å². The van der Waals surface area contributed by atoms with Crippen LogP contribution >= 0.6 is 12.4 Å². The first-order chi connectivity index (χ1) is 9.17. The maximum atomic E-state index is 12.4. The Morgan fingerprint density at radius 1 is 1.25 bits per heavy atom. The van der Waals surface area contributed by atoms with Crippen LogP contribution in [-0.4, -0.2) is 19.0 Å². The van der Waals surface area contributed by atoms with E-state index in [-0.39, 0.29) is 23.7 Å². The largest absolute Gasteiger partial charge is 0.326 e. The van der Waals surface area contributed by atoms with Gasteiger partial charge in [-0.05, 0) is 68.8 Å². The highest BCUT2D eigenvalue weighted by Gasteiger charge is 2.34. The van der Waals surface area contributed by atoms with Gasteiger partial charge in [-0.1, -0.05) is 6.07 Å². The number of rotatable bonds is 2. The van der Waals surface area contributed by atoms with Crippen LogP contribution in [0.5, 0.6) is 0 Å². The number of halogens is 1. The first-order valence-corrected chi connectivity index (χ1v) is 7.31. The Bertz CT molecular complexity index is 495. The fourth-order valence-electron chi connectivity index (χ4n) is 3.18. The predicted octanol–water partition coefficient (Wildman–Crippen LogP) is 2.93. The third-order valence-corrected chi connectivity index (χ3v) is 4.50. The van der Waals surface area contributed by atoms with Gasteiger partial charge in [0.05, 0.1) is 5.41 Å². The molecule has 20 heavy (non-hydrogen) atoms. The molecule has 1 amide bonds. The molecule has 1 atom stereocenters. The van der Waals surface area contributed by atoms with Crippen molar-refractivity contribution < 1.29 is 4.79 Å². The van der Waals surface area contributed by atoms with Crippen LogP contribution in [0.1, 0.15) is 37.3 Å². The Labute approximate surface area is 126 Å². The molecule has 0 spiro atoms. The van der Waals surface area contributed by atoms with Crippen LogP contribution in [0.25, 0.3) is 0 Å². The van der Waals surface area contributed by atoms with E-state index in [0.29, 0.717) is 0 Å². The standard InChI is InChI=1S/C16H22N2O.ClH/c1-16(8-3-9-17-11-16)15(19)18-14-7-6-12-4-2-5-13(12)10-14;/h6-7,10,17H,2-5,8-9,11H2,1H3,(H,18,19);1H. The Balaban J connectivity index is 0.00000147. The van der Waals surface area contributed by atoms with Crippen molar-refractivity contribution in [3.05, 3.63) is 29.3 Å². The Kier molecular flexibility index (Phi) is 4.71. The van der Waals surface area contributed by atoms with Gasteiger partial charge in [0, 0.05) is 12.2 Å². The van der Waals surface area contributed by atoms with Crippen molar-refractivity contribution >= 4 is 24.0 Å². The predicted molar refractivity (Wildman–Crippen MR) is 84.6 cm³/mol. The number of piperidine rings is 1. The molecule has 1 heterocycles. The fraction of sp³-hybridized carbons (Fsp3) is 0.562. The highest BCUT2D eigenvalue weighted by Crippen LogP contribution is 2.29. The zero-order chi connectivity index (χ0) is 13.3. The van der Waals surface area contributed by atoms with Crippen molar-refractivity contribution in [1.82, 2.24) is 5.32 Å². The monoisotopic (exact) mass is 294 g/mol. The fourth-order valence-corrected chi connectivity index (χ4v) is 3.18. The molecule has 2 N–H and O–H groups in total. The summed E-state index contributed by atoms with van der Waals surface area (Å²) in [5.74, 6) is 0.151. The van der Waals surface area contributed by atoms with Crippen LogP contribution in [0.2, 0.25) is 0 Å². The van der Waals surface area contributed by atoms with Gasteiger partial charge in [0.25, 0.3) is 0 Å². The molecule has 1 aromatic carbocycles. The van der Waals surface area contributed by atoms with Gasteiger partial charge >= 0.3 is 0 Å². The molecule has 0 radical (unpaired) electrons. The van der Waals surface area contributed by atoms with Crippen LogP contribution in [0.15, 0.2) is 18.2 Å². The topological polar surface area (TPSA) is 41.1 Å². The molecule has 1 saturated heterocycles. The number of aryl methyl sites for hydroxylation is 2. The minimum atomic E-state index is -0.267. The summed E-state index contributed by atoms with van der Waals surface area (Å²) in [6.07, 6.45) is 5.63. The van der Waals surface area contributed by atoms with Crippen molar-refractivity contribution in [2.75, 3.05) is 18.4 Å². The van der Waals surface area contributed by atoms with Gasteiger partial charge in [-0.25, -0.2) is 0 Å². The molecular weight excluding hydrogens is 272 g/mol. The van der Waals surface area contributed by atoms with E-state index in [0.717, 1.165) is 38.0 Å². The number of fused-ring (bicyclic) bond motifs is 1. The highest BCUT2D eigenvalue weighted by molar-refractivity contribution is 5.95. The van der Waals surface area contributed by atoms with Crippen LogP contribution in [-0.2, 0) is 17.6 Å². The Morgan fingerprint density at radius 3 is 2.80 bits per heavy atom. The minimum Gasteiger partial charge on any atom is -0.326 e. The molecule has 0 saturated carbocycles. The molecule has 1 fully saturated rings. The van der Waals surface area contributed by atoms with Gasteiger partial charge in [0.1, 0.15) is 0 Å². The number of hydrogen-bond donors (Lipinski definition) is 2. The second-order valence-electron chi connectivity index (χ2n) is 6.13. The molecule has 2 aliphatic rings. The maximum Gasteiger partial charge on any atom is 0.231 e. The second kappa shape index (κ2) is 6.15. The van der Waals surface area contributed by atoms with Crippen molar-refractivity contribution in [2.24, 2.45) is 5.41 Å². The highest BCUT2D eigenvalue weighted by atomic mass is 35.5. The second-order valence-corrected chi connectivity index (χ2v) is 6.13. The third-order valence-electron chi connectivity index (χ3n) is 4.50. The van der Waals surface area contributed by atoms with E-state index >= 15 is 0 Å². The first-order valence-electron chi connectivity index (χ1n) is 7.31. The molecular formula is C16H23ClN2O. The van der Waals surface area contributed by atoms with Gasteiger partial charge in [-0.2, -0.15) is 0 Å². The molecule has 1 aliphatic carbocycles. The summed E-state index contributed by atoms with van der Waals surface area (Å²) in [4.78, 5) is 12.4. The van der Waals surface area contributed by atoms with E-state index in [1.165, 1.54) is 24.0 Å². The smallest absolute Gasteiger partial charge is 0.231 e. The van der Waals surface area contributed by atoms with E-state index < -0.39 is 0 Å². The number of amides is 1. The molecule has 3 rings (SSSR count). The molecule has 3 nitrogen and oxygen atoms in total. The Morgan fingerprint density at radius 2 is 2.05 bits per heavy atom. The van der Waals surface area contributed by atoms with E-state index in [9.17, 15) is 4.79 Å². The lowest BCUT2D eigenvalue weighted by Gasteiger charge is -2.32. The summed E-state index contributed by atoms with van der Waals surface area (Å²) in [7, 11) is 0. The minimum absolute atomic E-state index is 0. The normalized spacial score (nSPS) is 24.6. The van der Waals surface area contributed by atoms with Crippen molar-refractivity contribution in [2.45, 2.75) is 39.0 Å². The number of carbonyl (C=O) groups is 1. The van der Waals surface area contributed by atoms with E-state index in [1.54, 1.807) is 0 Å². The average molecular weight is 295 g/mol. The lowest BCUT2D eigenvalue weighted by molar-refractivity contribution is -0.125. The van der Waals surface area contributed by atoms with Crippen molar-refractivity contribution in [3.8, 4) is 0 Å². The molecule has 1 unspecified atom stereocenters. The van der Waals surface area contributed by atoms with Crippen molar-refractivity contribution in [1.29, 1.82) is 0 Å². The summed E-state index contributed by atoms with van der Waals surface area (Å²) in [5, 5.41) is 6.43. The first kappa shape index (κ1) is 15.3. The Hall–Kier alpha value is -1.06. The summed E-state index contributed by atoms with van der Waals surface area (Å²) in [6.45, 7) is 3.87. The van der Waals surface area contributed by atoms with E-state index in [2.05, 4.69) is 29.7 Å². The van der Waals surface area contributed by atoms with Gasteiger partial charge in [-0.3, -0.25) is 4.79 Å². The van der Waals surface area contributed by atoms with Crippen LogP contribution in [0.4, 0.5) is 5.69 Å². The summed E-state index contributed by atoms with van der Waals surface area (Å²) in [5.41, 5.74) is 3.54. The van der Waals surface area contributed by atoms with Gasteiger partial charge in [-0.15, -0.1) is 12.4 Å². The maximum absolute atomic E-state index is 12.4. The third kappa shape index (κ3) is 2.99. The zero-order valence-electron chi connectivity index (χ0n) is 12.0. The average Bonchev–Trinajstić information content (AvgIpc) is 2.87. The number of hydrogen-bond acceptors (Lipinski definition) is 2. The van der Waals surface area contributed by atoms with Crippen LogP contribution < -0.4 is 10.6 Å². The van der Waals surface area contributed by atoms with E-state index in [1.807, 2.05) is 6.07 Å². The number of anilines is 1. The molecule has 1 aliphatic heterocycles. The molecule has 0 aromatic heterocycles. The quantitative estimate of drug-likeness (QED) is 0.880. The van der Waals surface area contributed by atoms with Crippen LogP contribution in [0, 0.1) is 5.41 Å². The number of benzene rings is 1. The van der Waals surface area contributed by atoms with Crippen molar-refractivity contribution in [3.63, 3.8) is 0 Å². The summed E-state index contributed by atoms with van der Waals surface area (Å²) >= 11 is 0. The SMILES string of the molecule is CC1(C(=O)Nc2ccc3c(c2)CCC3)CCCNC1.Cl. The van der Waals surface area contributed by atoms with Gasteiger partial charge < -0.3 is 10.6 Å². The lowest BCUT2D eigenvalue weighted by atomic mass is 9.82. The van der Waals surface area contributed by atoms with Crippen LogP contribution in [0.3, 0.4) is 0 Å². The summed E-state index contributed by atoms with van der Waals surface area (Å²) in [6, 6.07) is 6.36. The summed E-state index contributed by atoms with van der Waals surface area (Å²) < 4.78 is 0. The van der Waals surface area contributed by atoms with Gasteiger partial charge in [0.15, 0.2) is 0 Å². The zero-order valence-corrected chi connectivity index (χ0v) is 12.8. The molecule has 0 bridgehead atoms. The lowest BCUT2D eigenvalue weighted by Crippen LogP contribution is -2.46. The van der Waals surface area contributed by atoms with Gasteiger partial charge in [0.2, 0.25) is 5.91 Å². The number of carbonyl (C=O) groups excluding carboxylic acids is 1. The molecule has 4 heteroatoms.